The van der Waals surface area contributed by atoms with Crippen molar-refractivity contribution in [3.8, 4) is 0 Å². The summed E-state index contributed by atoms with van der Waals surface area (Å²) in [5.74, 6) is -2.96. The van der Waals surface area contributed by atoms with Gasteiger partial charge in [-0.25, -0.2) is 4.39 Å². The fourth-order valence-electron chi connectivity index (χ4n) is 4.34. The van der Waals surface area contributed by atoms with E-state index in [4.69, 9.17) is 16.4 Å². The van der Waals surface area contributed by atoms with Crippen LogP contribution in [0.3, 0.4) is 0 Å². The summed E-state index contributed by atoms with van der Waals surface area (Å²) >= 11 is 5.56. The molecule has 0 unspecified atom stereocenters. The van der Waals surface area contributed by atoms with Gasteiger partial charge in [-0.15, -0.1) is 0 Å². The lowest BCUT2D eigenvalue weighted by molar-refractivity contribution is -0.276. The first-order valence-electron chi connectivity index (χ1n) is 11.6. The average molecular weight is 590 g/mol. The third kappa shape index (κ3) is 5.29. The second kappa shape index (κ2) is 10.6. The van der Waals surface area contributed by atoms with E-state index in [1.807, 2.05) is 0 Å². The van der Waals surface area contributed by atoms with Gasteiger partial charge in [-0.2, -0.15) is 26.3 Å². The number of rotatable bonds is 6. The molecule has 0 saturated carbocycles. The molecule has 6 nitrogen and oxygen atoms in total. The molecule has 0 spiro atoms. The van der Waals surface area contributed by atoms with Crippen LogP contribution in [0, 0.1) is 5.82 Å². The summed E-state index contributed by atoms with van der Waals surface area (Å²) < 4.78 is 97.5. The van der Waals surface area contributed by atoms with E-state index in [0.29, 0.717) is 23.4 Å². The zero-order chi connectivity index (χ0) is 29.5. The van der Waals surface area contributed by atoms with Gasteiger partial charge in [-0.3, -0.25) is 9.59 Å². The van der Waals surface area contributed by atoms with Gasteiger partial charge < -0.3 is 15.5 Å². The summed E-state index contributed by atoms with van der Waals surface area (Å²) in [5.41, 5.74) is -6.51. The number of fused-ring (bicyclic) bond motifs is 1. The van der Waals surface area contributed by atoms with Gasteiger partial charge >= 0.3 is 12.4 Å². The van der Waals surface area contributed by atoms with E-state index in [9.17, 15) is 40.3 Å². The molecule has 0 saturated heterocycles. The topological polar surface area (TPSA) is 79.8 Å². The Balaban J connectivity index is 1.75. The Labute approximate surface area is 227 Å². The molecule has 0 aliphatic carbocycles. The summed E-state index contributed by atoms with van der Waals surface area (Å²) in [5, 5.41) is 7.99. The zero-order valence-electron chi connectivity index (χ0n) is 20.4. The van der Waals surface area contributed by atoms with Crippen LogP contribution >= 0.6 is 11.6 Å². The van der Waals surface area contributed by atoms with Crippen molar-refractivity contribution in [3.05, 3.63) is 81.6 Å². The monoisotopic (exact) mass is 589 g/mol. The highest BCUT2D eigenvalue weighted by Gasteiger charge is 2.63. The number of carbonyl (C=O) groups is 2. The number of benzene rings is 3. The molecule has 1 aliphatic heterocycles. The SMILES string of the molecule is CCNC(=O)CNC(=O)c1ccc(C2=NO[C@@](c3cc(Cl)c(F)c(C(F)(F)F)c3)(C(F)(F)F)C2)c2ccccc12. The van der Waals surface area contributed by atoms with Crippen LogP contribution in [-0.2, 0) is 21.4 Å². The minimum absolute atomic E-state index is 0.00734. The van der Waals surface area contributed by atoms with Crippen molar-refractivity contribution < 1.29 is 45.2 Å². The molecule has 4 rings (SSSR count). The van der Waals surface area contributed by atoms with Gasteiger partial charge in [0.15, 0.2) is 5.82 Å². The molecule has 3 aromatic carbocycles. The Morgan fingerprint density at radius 3 is 2.33 bits per heavy atom. The Bertz CT molecular complexity index is 1520. The lowest BCUT2D eigenvalue weighted by Crippen LogP contribution is -2.43. The van der Waals surface area contributed by atoms with Crippen molar-refractivity contribution in [2.24, 2.45) is 5.16 Å². The third-order valence-electron chi connectivity index (χ3n) is 6.25. The van der Waals surface area contributed by atoms with E-state index < -0.39 is 58.2 Å². The Kier molecular flexibility index (Phi) is 7.72. The highest BCUT2D eigenvalue weighted by Crippen LogP contribution is 2.51. The van der Waals surface area contributed by atoms with Gasteiger partial charge in [-0.1, -0.05) is 47.1 Å². The van der Waals surface area contributed by atoms with Crippen LogP contribution in [0.15, 0.2) is 53.7 Å². The van der Waals surface area contributed by atoms with Gasteiger partial charge in [0.1, 0.15) is 0 Å². The van der Waals surface area contributed by atoms with Gasteiger partial charge in [0, 0.05) is 29.7 Å². The van der Waals surface area contributed by atoms with Crippen LogP contribution < -0.4 is 10.6 Å². The minimum Gasteiger partial charge on any atom is -0.374 e. The number of nitrogens with zero attached hydrogens (tertiary/aromatic N) is 1. The fraction of sp³-hybridized carbons (Fsp3) is 0.269. The molecule has 1 heterocycles. The fourth-order valence-corrected chi connectivity index (χ4v) is 4.56. The standard InChI is InChI=1S/C26H19ClF7N3O3/c1-2-35-21(38)12-36-23(39)17-8-7-16(14-5-3-4-6-15(14)17)20-11-24(40-37-20,26(32,33)34)13-9-18(25(29,30)31)22(28)19(27)10-13/h3-10H,2,11-12H2,1H3,(H,35,38)(H,36,39)/t24-/m0/s1. The molecule has 0 radical (unpaired) electrons. The largest absolute Gasteiger partial charge is 0.435 e. The molecular weight excluding hydrogens is 571 g/mol. The summed E-state index contributed by atoms with van der Waals surface area (Å²) in [4.78, 5) is 29.3. The maximum Gasteiger partial charge on any atom is 0.435 e. The molecule has 2 N–H and O–H groups in total. The predicted octanol–water partition coefficient (Wildman–Crippen LogP) is 6.10. The first kappa shape index (κ1) is 29.1. The minimum atomic E-state index is -5.33. The number of hydrogen-bond acceptors (Lipinski definition) is 4. The Morgan fingerprint density at radius 2 is 1.70 bits per heavy atom. The van der Waals surface area contributed by atoms with Gasteiger partial charge in [0.25, 0.3) is 11.5 Å². The number of hydrogen-bond donors (Lipinski definition) is 2. The predicted molar refractivity (Wildman–Crippen MR) is 131 cm³/mol. The number of halogens is 8. The summed E-state index contributed by atoms with van der Waals surface area (Å²) in [6.45, 7) is 1.75. The molecular formula is C26H19ClF7N3O3. The van der Waals surface area contributed by atoms with E-state index in [1.165, 1.54) is 24.3 Å². The Morgan fingerprint density at radius 1 is 1.02 bits per heavy atom. The molecule has 40 heavy (non-hydrogen) atoms. The number of alkyl halides is 6. The number of nitrogens with one attached hydrogen (secondary N) is 2. The molecule has 14 heteroatoms. The quantitative estimate of drug-likeness (QED) is 0.341. The van der Waals surface area contributed by atoms with Crippen molar-refractivity contribution in [1.29, 1.82) is 0 Å². The summed E-state index contributed by atoms with van der Waals surface area (Å²) in [7, 11) is 0. The van der Waals surface area contributed by atoms with E-state index in [-0.39, 0.29) is 29.4 Å². The van der Waals surface area contributed by atoms with Crippen molar-refractivity contribution >= 4 is 39.9 Å². The van der Waals surface area contributed by atoms with E-state index in [2.05, 4.69) is 15.8 Å². The van der Waals surface area contributed by atoms with Crippen molar-refractivity contribution in [2.75, 3.05) is 13.1 Å². The summed E-state index contributed by atoms with van der Waals surface area (Å²) in [6.07, 6.45) is -11.7. The van der Waals surface area contributed by atoms with Crippen LogP contribution in [0.4, 0.5) is 30.7 Å². The van der Waals surface area contributed by atoms with Crippen LogP contribution in [0.5, 0.6) is 0 Å². The summed E-state index contributed by atoms with van der Waals surface area (Å²) in [6, 6.07) is 9.25. The number of amides is 2. The van der Waals surface area contributed by atoms with Crippen molar-refractivity contribution in [3.63, 3.8) is 0 Å². The van der Waals surface area contributed by atoms with Crippen LogP contribution in [-0.4, -0.2) is 36.8 Å². The van der Waals surface area contributed by atoms with Crippen LogP contribution in [0.25, 0.3) is 10.8 Å². The second-order valence-electron chi connectivity index (χ2n) is 8.79. The third-order valence-corrected chi connectivity index (χ3v) is 6.52. The first-order valence-corrected chi connectivity index (χ1v) is 12.0. The van der Waals surface area contributed by atoms with Crippen LogP contribution in [0.2, 0.25) is 5.02 Å². The highest BCUT2D eigenvalue weighted by atomic mass is 35.5. The molecule has 212 valence electrons. The maximum atomic E-state index is 14.4. The number of oxime groups is 1. The number of carbonyl (C=O) groups excluding carboxylic acids is 2. The molecule has 0 aromatic heterocycles. The van der Waals surface area contributed by atoms with Crippen LogP contribution in [0.1, 0.15) is 40.4 Å². The van der Waals surface area contributed by atoms with Gasteiger partial charge in [0.05, 0.1) is 22.8 Å². The molecule has 1 atom stereocenters. The maximum absolute atomic E-state index is 14.4. The molecule has 0 fully saturated rings. The van der Waals surface area contributed by atoms with E-state index in [1.54, 1.807) is 19.1 Å². The van der Waals surface area contributed by atoms with Gasteiger partial charge in [-0.05, 0) is 35.9 Å². The van der Waals surface area contributed by atoms with E-state index >= 15 is 0 Å². The van der Waals surface area contributed by atoms with E-state index in [0.717, 1.165) is 0 Å². The lowest BCUT2D eigenvalue weighted by atomic mass is 9.84. The van der Waals surface area contributed by atoms with Crippen molar-refractivity contribution in [1.82, 2.24) is 10.6 Å². The second-order valence-corrected chi connectivity index (χ2v) is 9.20. The molecule has 1 aliphatic rings. The lowest BCUT2D eigenvalue weighted by Gasteiger charge is -2.30. The molecule has 3 aromatic rings. The molecule has 2 amide bonds. The van der Waals surface area contributed by atoms with Crippen molar-refractivity contribution in [2.45, 2.75) is 31.3 Å². The average Bonchev–Trinajstić information content (AvgIpc) is 3.34. The highest BCUT2D eigenvalue weighted by molar-refractivity contribution is 6.31. The smallest absolute Gasteiger partial charge is 0.374 e. The van der Waals surface area contributed by atoms with Gasteiger partial charge in [0.2, 0.25) is 5.91 Å². The number of likely N-dealkylation sites (N-methyl/N-ethyl adjacent to an activating group) is 1. The Hall–Kier alpha value is -3.87. The zero-order valence-corrected chi connectivity index (χ0v) is 21.2. The molecule has 0 bridgehead atoms. The normalized spacial score (nSPS) is 17.4. The first-order chi connectivity index (χ1) is 18.7.